The zero-order valence-corrected chi connectivity index (χ0v) is 13.7. The van der Waals surface area contributed by atoms with E-state index in [-0.39, 0.29) is 0 Å². The average Bonchev–Trinajstić information content (AvgIpc) is 2.78. The summed E-state index contributed by atoms with van der Waals surface area (Å²) >= 11 is 0. The van der Waals surface area contributed by atoms with E-state index in [0.717, 1.165) is 36.8 Å². The van der Waals surface area contributed by atoms with Crippen LogP contribution in [0.2, 0.25) is 0 Å². The van der Waals surface area contributed by atoms with Crippen LogP contribution in [0.25, 0.3) is 0 Å². The molecule has 1 aliphatic rings. The summed E-state index contributed by atoms with van der Waals surface area (Å²) in [5, 5.41) is 6.95. The first-order valence-corrected chi connectivity index (χ1v) is 7.71. The number of hydrogen-bond donors (Lipinski definition) is 2. The summed E-state index contributed by atoms with van der Waals surface area (Å²) in [5.74, 6) is 2.77. The molecule has 0 atom stereocenters. The maximum Gasteiger partial charge on any atom is 0.132 e. The number of aryl methyl sites for hydroxylation is 1. The van der Waals surface area contributed by atoms with E-state index in [0.29, 0.717) is 16.9 Å². The summed E-state index contributed by atoms with van der Waals surface area (Å²) in [5.41, 5.74) is 0.614. The van der Waals surface area contributed by atoms with E-state index in [1.165, 1.54) is 0 Å². The van der Waals surface area contributed by atoms with Crippen LogP contribution in [0.4, 0.5) is 11.6 Å². The van der Waals surface area contributed by atoms with Gasteiger partial charge in [0.2, 0.25) is 0 Å². The van der Waals surface area contributed by atoms with Crippen LogP contribution in [-0.4, -0.2) is 22.6 Å². The smallest absolute Gasteiger partial charge is 0.132 e. The third-order valence-corrected chi connectivity index (χ3v) is 4.96. The maximum absolute atomic E-state index is 4.61. The van der Waals surface area contributed by atoms with Crippen LogP contribution in [0.5, 0.6) is 0 Å². The van der Waals surface area contributed by atoms with Crippen LogP contribution < -0.4 is 10.6 Å². The molecular weight excluding hydrogens is 248 g/mol. The van der Waals surface area contributed by atoms with E-state index < -0.39 is 0 Å². The molecule has 1 aliphatic carbocycles. The predicted molar refractivity (Wildman–Crippen MR) is 85.2 cm³/mol. The summed E-state index contributed by atoms with van der Waals surface area (Å²) in [4.78, 5) is 9.14. The number of rotatable bonds is 6. The zero-order chi connectivity index (χ0) is 15.0. The molecule has 0 amide bonds. The van der Waals surface area contributed by atoms with Crippen molar-refractivity contribution in [3.05, 3.63) is 11.9 Å². The summed E-state index contributed by atoms with van der Waals surface area (Å²) in [7, 11) is 0. The Bertz CT molecular complexity index is 465. The molecular formula is C16H28N4. The van der Waals surface area contributed by atoms with Gasteiger partial charge in [-0.2, -0.15) is 0 Å². The normalized spacial score (nSPS) is 19.7. The van der Waals surface area contributed by atoms with E-state index in [4.69, 9.17) is 0 Å². The second-order valence-electron chi connectivity index (χ2n) is 6.86. The fourth-order valence-corrected chi connectivity index (χ4v) is 2.78. The van der Waals surface area contributed by atoms with Gasteiger partial charge in [0.15, 0.2) is 0 Å². The van der Waals surface area contributed by atoms with Crippen molar-refractivity contribution in [2.75, 3.05) is 17.2 Å². The molecule has 0 bridgehead atoms. The number of nitrogens with zero attached hydrogens (tertiary/aromatic N) is 2. The summed E-state index contributed by atoms with van der Waals surface area (Å²) in [6.07, 6.45) is 1.95. The molecule has 1 fully saturated rings. The lowest BCUT2D eigenvalue weighted by Crippen LogP contribution is -2.13. The molecule has 0 aromatic carbocycles. The molecule has 20 heavy (non-hydrogen) atoms. The Morgan fingerprint density at radius 2 is 1.65 bits per heavy atom. The fourth-order valence-electron chi connectivity index (χ4n) is 2.78. The maximum atomic E-state index is 4.61. The highest BCUT2D eigenvalue weighted by Gasteiger charge is 2.65. The first kappa shape index (κ1) is 15.1. The van der Waals surface area contributed by atoms with Crippen LogP contribution in [0.15, 0.2) is 6.07 Å². The lowest BCUT2D eigenvalue weighted by atomic mass is 10.0. The van der Waals surface area contributed by atoms with Gasteiger partial charge >= 0.3 is 0 Å². The average molecular weight is 276 g/mol. The van der Waals surface area contributed by atoms with E-state index in [2.05, 4.69) is 62.1 Å². The first-order chi connectivity index (χ1) is 9.32. The van der Waals surface area contributed by atoms with Gasteiger partial charge in [-0.25, -0.2) is 9.97 Å². The Labute approximate surface area is 122 Å². The molecule has 2 rings (SSSR count). The zero-order valence-electron chi connectivity index (χ0n) is 13.7. The highest BCUT2D eigenvalue weighted by molar-refractivity contribution is 5.50. The number of nitrogens with one attached hydrogen (secondary N) is 2. The SMILES string of the molecule is CCCNc1cc(NC2C(C)(C)C2(C)C)nc(CC)n1. The highest BCUT2D eigenvalue weighted by Crippen LogP contribution is 2.63. The lowest BCUT2D eigenvalue weighted by molar-refractivity contribution is 0.457. The second kappa shape index (κ2) is 5.23. The third-order valence-electron chi connectivity index (χ3n) is 4.96. The van der Waals surface area contributed by atoms with Gasteiger partial charge in [0.05, 0.1) is 0 Å². The quantitative estimate of drug-likeness (QED) is 0.831. The topological polar surface area (TPSA) is 49.8 Å². The van der Waals surface area contributed by atoms with Crippen LogP contribution in [0, 0.1) is 10.8 Å². The van der Waals surface area contributed by atoms with Gasteiger partial charge in [0.25, 0.3) is 0 Å². The molecule has 0 radical (unpaired) electrons. The van der Waals surface area contributed by atoms with E-state index in [1.807, 2.05) is 6.07 Å². The Hall–Kier alpha value is -1.32. The summed E-state index contributed by atoms with van der Waals surface area (Å²) in [6.45, 7) is 14.4. The van der Waals surface area contributed by atoms with Gasteiger partial charge < -0.3 is 10.6 Å². The Balaban J connectivity index is 2.15. The molecule has 0 spiro atoms. The van der Waals surface area contributed by atoms with Gasteiger partial charge in [-0.05, 0) is 17.3 Å². The van der Waals surface area contributed by atoms with Crippen molar-refractivity contribution in [1.29, 1.82) is 0 Å². The molecule has 4 heteroatoms. The molecule has 0 saturated heterocycles. The number of anilines is 2. The Morgan fingerprint density at radius 1 is 1.05 bits per heavy atom. The van der Waals surface area contributed by atoms with Crippen LogP contribution in [0.3, 0.4) is 0 Å². The van der Waals surface area contributed by atoms with Gasteiger partial charge in [0, 0.05) is 25.1 Å². The molecule has 1 saturated carbocycles. The lowest BCUT2D eigenvalue weighted by Gasteiger charge is -2.11. The molecule has 112 valence electrons. The van der Waals surface area contributed by atoms with Crippen molar-refractivity contribution in [3.8, 4) is 0 Å². The highest BCUT2D eigenvalue weighted by atomic mass is 15.1. The van der Waals surface area contributed by atoms with E-state index in [1.54, 1.807) is 0 Å². The van der Waals surface area contributed by atoms with Gasteiger partial charge in [-0.3, -0.25) is 0 Å². The van der Waals surface area contributed by atoms with Crippen molar-refractivity contribution in [2.45, 2.75) is 60.4 Å². The predicted octanol–water partition coefficient (Wildman–Crippen LogP) is 3.71. The molecule has 4 nitrogen and oxygen atoms in total. The monoisotopic (exact) mass is 276 g/mol. The number of aromatic nitrogens is 2. The molecule has 2 N–H and O–H groups in total. The Kier molecular flexibility index (Phi) is 3.94. The van der Waals surface area contributed by atoms with Crippen molar-refractivity contribution >= 4 is 11.6 Å². The fraction of sp³-hybridized carbons (Fsp3) is 0.750. The minimum atomic E-state index is 0.307. The minimum absolute atomic E-state index is 0.307. The van der Waals surface area contributed by atoms with Crippen LogP contribution in [0.1, 0.15) is 53.8 Å². The third kappa shape index (κ3) is 2.60. The number of hydrogen-bond acceptors (Lipinski definition) is 4. The largest absolute Gasteiger partial charge is 0.370 e. The van der Waals surface area contributed by atoms with Crippen LogP contribution in [-0.2, 0) is 6.42 Å². The minimum Gasteiger partial charge on any atom is -0.370 e. The van der Waals surface area contributed by atoms with Gasteiger partial charge in [0.1, 0.15) is 17.5 Å². The van der Waals surface area contributed by atoms with Gasteiger partial charge in [-0.1, -0.05) is 41.5 Å². The van der Waals surface area contributed by atoms with Crippen molar-refractivity contribution in [1.82, 2.24) is 9.97 Å². The standard InChI is InChI=1S/C16H28N4/c1-7-9-17-12-10-13(19-11(8-2)18-12)20-14-15(3,4)16(14,5)6/h10,14H,7-9H2,1-6H3,(H2,17,18,19,20). The summed E-state index contributed by atoms with van der Waals surface area (Å²) in [6, 6.07) is 2.49. The van der Waals surface area contributed by atoms with Crippen molar-refractivity contribution in [3.63, 3.8) is 0 Å². The summed E-state index contributed by atoms with van der Waals surface area (Å²) < 4.78 is 0. The molecule has 1 heterocycles. The Morgan fingerprint density at radius 3 is 2.15 bits per heavy atom. The van der Waals surface area contributed by atoms with Crippen molar-refractivity contribution in [2.24, 2.45) is 10.8 Å². The van der Waals surface area contributed by atoms with E-state index >= 15 is 0 Å². The second-order valence-corrected chi connectivity index (χ2v) is 6.86. The molecule has 1 aromatic rings. The van der Waals surface area contributed by atoms with Crippen LogP contribution >= 0.6 is 0 Å². The van der Waals surface area contributed by atoms with E-state index in [9.17, 15) is 0 Å². The molecule has 0 unspecified atom stereocenters. The van der Waals surface area contributed by atoms with Crippen molar-refractivity contribution < 1.29 is 0 Å². The first-order valence-electron chi connectivity index (χ1n) is 7.71. The molecule has 0 aliphatic heterocycles. The molecule has 1 aromatic heterocycles. The van der Waals surface area contributed by atoms with Gasteiger partial charge in [-0.15, -0.1) is 0 Å².